The van der Waals surface area contributed by atoms with Gasteiger partial charge in [-0.2, -0.15) is 0 Å². The van der Waals surface area contributed by atoms with Gasteiger partial charge in [0.05, 0.1) is 12.0 Å². The van der Waals surface area contributed by atoms with E-state index in [4.69, 9.17) is 4.74 Å². The van der Waals surface area contributed by atoms with Gasteiger partial charge in [0.1, 0.15) is 6.54 Å². The van der Waals surface area contributed by atoms with Crippen LogP contribution < -0.4 is 5.32 Å². The summed E-state index contributed by atoms with van der Waals surface area (Å²) in [4.78, 5) is 26.1. The number of esters is 1. The Morgan fingerprint density at radius 3 is 2.60 bits per heavy atom. The van der Waals surface area contributed by atoms with Crippen LogP contribution in [0.25, 0.3) is 0 Å². The largest absolute Gasteiger partial charge is 0.465 e. The molecule has 1 aliphatic rings. The zero-order chi connectivity index (χ0) is 15.2. The monoisotopic (exact) mass is 284 g/mol. The maximum Gasteiger partial charge on any atom is 0.325 e. The van der Waals surface area contributed by atoms with Crippen LogP contribution in [0.4, 0.5) is 0 Å². The van der Waals surface area contributed by atoms with E-state index < -0.39 is 5.41 Å². The number of rotatable bonds is 6. The van der Waals surface area contributed by atoms with Gasteiger partial charge in [-0.3, -0.25) is 9.59 Å². The van der Waals surface area contributed by atoms with Crippen molar-refractivity contribution >= 4 is 11.9 Å². The molecule has 5 nitrogen and oxygen atoms in total. The molecule has 1 unspecified atom stereocenters. The van der Waals surface area contributed by atoms with E-state index in [1.165, 1.54) is 0 Å². The summed E-state index contributed by atoms with van der Waals surface area (Å²) in [5.74, 6) is 0.0637. The number of nitrogens with zero attached hydrogens (tertiary/aromatic N) is 1. The SMILES string of the molecule is CCOC(=O)CN(CC(C)C)C(=O)C1(C)CCCNC1. The summed E-state index contributed by atoms with van der Waals surface area (Å²) in [6, 6.07) is 0. The second-order valence-corrected chi connectivity index (χ2v) is 6.23. The number of carbonyl (C=O) groups excluding carboxylic acids is 2. The van der Waals surface area contributed by atoms with Crippen molar-refractivity contribution in [3.05, 3.63) is 0 Å². The number of piperidine rings is 1. The van der Waals surface area contributed by atoms with E-state index in [0.29, 0.717) is 25.6 Å². The first-order chi connectivity index (χ1) is 9.39. The topological polar surface area (TPSA) is 58.6 Å². The van der Waals surface area contributed by atoms with Gasteiger partial charge in [0.2, 0.25) is 5.91 Å². The van der Waals surface area contributed by atoms with Crippen LogP contribution >= 0.6 is 0 Å². The molecule has 0 saturated carbocycles. The molecule has 0 aliphatic carbocycles. The smallest absolute Gasteiger partial charge is 0.325 e. The van der Waals surface area contributed by atoms with Crippen molar-refractivity contribution < 1.29 is 14.3 Å². The summed E-state index contributed by atoms with van der Waals surface area (Å²) >= 11 is 0. The molecule has 1 heterocycles. The van der Waals surface area contributed by atoms with Gasteiger partial charge in [-0.1, -0.05) is 13.8 Å². The first kappa shape index (κ1) is 17.0. The molecule has 1 amide bonds. The molecule has 0 bridgehead atoms. The van der Waals surface area contributed by atoms with Crippen LogP contribution in [-0.2, 0) is 14.3 Å². The van der Waals surface area contributed by atoms with Crippen LogP contribution in [0.3, 0.4) is 0 Å². The van der Waals surface area contributed by atoms with Crippen LogP contribution in [0.1, 0.15) is 40.5 Å². The first-order valence-electron chi connectivity index (χ1n) is 7.54. The molecule has 0 aromatic rings. The number of amides is 1. The van der Waals surface area contributed by atoms with E-state index in [2.05, 4.69) is 5.32 Å². The van der Waals surface area contributed by atoms with Crippen LogP contribution in [0.2, 0.25) is 0 Å². The molecule has 20 heavy (non-hydrogen) atoms. The third-order valence-electron chi connectivity index (χ3n) is 3.61. The van der Waals surface area contributed by atoms with Crippen LogP contribution in [-0.4, -0.2) is 49.6 Å². The Morgan fingerprint density at radius 2 is 2.10 bits per heavy atom. The van der Waals surface area contributed by atoms with Gasteiger partial charge in [-0.05, 0) is 39.2 Å². The van der Waals surface area contributed by atoms with Gasteiger partial charge in [0, 0.05) is 13.1 Å². The van der Waals surface area contributed by atoms with Crippen molar-refractivity contribution in [2.45, 2.75) is 40.5 Å². The molecule has 1 saturated heterocycles. The van der Waals surface area contributed by atoms with Crippen LogP contribution in [0.5, 0.6) is 0 Å². The van der Waals surface area contributed by atoms with Crippen LogP contribution in [0, 0.1) is 11.3 Å². The molecule has 1 aliphatic heterocycles. The zero-order valence-corrected chi connectivity index (χ0v) is 13.2. The van der Waals surface area contributed by atoms with E-state index in [9.17, 15) is 9.59 Å². The third-order valence-corrected chi connectivity index (χ3v) is 3.61. The van der Waals surface area contributed by atoms with Crippen molar-refractivity contribution in [1.82, 2.24) is 10.2 Å². The molecular weight excluding hydrogens is 256 g/mol. The normalized spacial score (nSPS) is 22.6. The Hall–Kier alpha value is -1.10. The molecule has 1 N–H and O–H groups in total. The minimum atomic E-state index is -0.403. The summed E-state index contributed by atoms with van der Waals surface area (Å²) in [6.45, 7) is 10.5. The highest BCUT2D eigenvalue weighted by atomic mass is 16.5. The summed E-state index contributed by atoms with van der Waals surface area (Å²) in [5.41, 5.74) is -0.403. The lowest BCUT2D eigenvalue weighted by atomic mass is 9.81. The number of carbonyl (C=O) groups is 2. The summed E-state index contributed by atoms with van der Waals surface area (Å²) in [6.07, 6.45) is 1.87. The molecule has 0 aromatic heterocycles. The molecule has 0 aromatic carbocycles. The maximum absolute atomic E-state index is 12.8. The average Bonchev–Trinajstić information content (AvgIpc) is 2.37. The summed E-state index contributed by atoms with van der Waals surface area (Å²) in [7, 11) is 0. The van der Waals surface area contributed by atoms with Crippen LogP contribution in [0.15, 0.2) is 0 Å². The first-order valence-corrected chi connectivity index (χ1v) is 7.54. The Balaban J connectivity index is 2.75. The number of hydrogen-bond donors (Lipinski definition) is 1. The van der Waals surface area contributed by atoms with Gasteiger partial charge < -0.3 is 15.0 Å². The second-order valence-electron chi connectivity index (χ2n) is 6.23. The average molecular weight is 284 g/mol. The van der Waals surface area contributed by atoms with Crippen molar-refractivity contribution in [3.8, 4) is 0 Å². The third kappa shape index (κ3) is 4.78. The molecular formula is C15H28N2O3. The molecule has 1 atom stereocenters. The second kappa shape index (κ2) is 7.62. The van der Waals surface area contributed by atoms with Crippen molar-refractivity contribution in [2.24, 2.45) is 11.3 Å². The fourth-order valence-electron chi connectivity index (χ4n) is 2.64. The lowest BCUT2D eigenvalue weighted by molar-refractivity contribution is -0.153. The fourth-order valence-corrected chi connectivity index (χ4v) is 2.64. The van der Waals surface area contributed by atoms with E-state index >= 15 is 0 Å². The Bertz CT molecular complexity index is 336. The minimum absolute atomic E-state index is 0.0560. The standard InChI is InChI=1S/C15H28N2O3/c1-5-20-13(18)10-17(9-12(2)3)14(19)15(4)7-6-8-16-11-15/h12,16H,5-11H2,1-4H3. The van der Waals surface area contributed by atoms with Gasteiger partial charge in [0.15, 0.2) is 0 Å². The minimum Gasteiger partial charge on any atom is -0.465 e. The molecule has 116 valence electrons. The highest BCUT2D eigenvalue weighted by Crippen LogP contribution is 2.28. The predicted molar refractivity (Wildman–Crippen MR) is 78.3 cm³/mol. The zero-order valence-electron chi connectivity index (χ0n) is 13.2. The molecule has 1 fully saturated rings. The highest BCUT2D eigenvalue weighted by Gasteiger charge is 2.38. The number of ether oxygens (including phenoxy) is 1. The van der Waals surface area contributed by atoms with E-state index in [0.717, 1.165) is 19.4 Å². The molecule has 5 heteroatoms. The van der Waals surface area contributed by atoms with Crippen molar-refractivity contribution in [3.63, 3.8) is 0 Å². The predicted octanol–water partition coefficient (Wildman–Crippen LogP) is 1.42. The Morgan fingerprint density at radius 1 is 1.40 bits per heavy atom. The Kier molecular flexibility index (Phi) is 6.46. The van der Waals surface area contributed by atoms with E-state index in [-0.39, 0.29) is 18.4 Å². The number of nitrogens with one attached hydrogen (secondary N) is 1. The van der Waals surface area contributed by atoms with E-state index in [1.807, 2.05) is 20.8 Å². The Labute approximate surface area is 122 Å². The number of hydrogen-bond acceptors (Lipinski definition) is 4. The highest BCUT2D eigenvalue weighted by molar-refractivity contribution is 5.86. The molecule has 0 radical (unpaired) electrons. The molecule has 1 rings (SSSR count). The van der Waals surface area contributed by atoms with Gasteiger partial charge in [-0.15, -0.1) is 0 Å². The quantitative estimate of drug-likeness (QED) is 0.750. The summed E-state index contributed by atoms with van der Waals surface area (Å²) < 4.78 is 4.98. The lowest BCUT2D eigenvalue weighted by Crippen LogP contribution is -2.52. The summed E-state index contributed by atoms with van der Waals surface area (Å²) in [5, 5.41) is 3.28. The van der Waals surface area contributed by atoms with Crippen molar-refractivity contribution in [1.29, 1.82) is 0 Å². The van der Waals surface area contributed by atoms with Gasteiger partial charge >= 0.3 is 5.97 Å². The van der Waals surface area contributed by atoms with E-state index in [1.54, 1.807) is 11.8 Å². The maximum atomic E-state index is 12.8. The van der Waals surface area contributed by atoms with Crippen molar-refractivity contribution in [2.75, 3.05) is 32.8 Å². The van der Waals surface area contributed by atoms with Gasteiger partial charge in [-0.25, -0.2) is 0 Å². The lowest BCUT2D eigenvalue weighted by Gasteiger charge is -2.37. The van der Waals surface area contributed by atoms with Gasteiger partial charge in [0.25, 0.3) is 0 Å². The molecule has 0 spiro atoms. The fraction of sp³-hybridized carbons (Fsp3) is 0.867.